The van der Waals surface area contributed by atoms with E-state index in [4.69, 9.17) is 98.6 Å². The van der Waals surface area contributed by atoms with Crippen LogP contribution in [0.1, 0.15) is 89.5 Å². The zero-order valence-electron chi connectivity index (χ0n) is 74.1. The van der Waals surface area contributed by atoms with Gasteiger partial charge in [0.15, 0.2) is 0 Å². The van der Waals surface area contributed by atoms with Crippen molar-refractivity contribution >= 4 is 87.0 Å². The number of alkyl halides is 9. The molecule has 40 heteroatoms. The molecular formula is C91H108Cl3F9N22O6. The second kappa shape index (κ2) is 42.9. The van der Waals surface area contributed by atoms with Gasteiger partial charge in [-0.1, -0.05) is 79.2 Å². The van der Waals surface area contributed by atoms with E-state index in [1.165, 1.54) is 66.7 Å². The maximum absolute atomic E-state index is 14.1. The Morgan fingerprint density at radius 1 is 0.458 bits per heavy atom. The van der Waals surface area contributed by atoms with Gasteiger partial charge >= 0.3 is 36.6 Å². The van der Waals surface area contributed by atoms with Gasteiger partial charge in [0.25, 0.3) is 0 Å². The first-order valence-corrected chi connectivity index (χ1v) is 44.9. The zero-order valence-corrected chi connectivity index (χ0v) is 76.4. The van der Waals surface area contributed by atoms with Gasteiger partial charge in [0, 0.05) is 133 Å². The van der Waals surface area contributed by atoms with Gasteiger partial charge in [-0.15, -0.1) is 0 Å². The van der Waals surface area contributed by atoms with Crippen LogP contribution in [-0.4, -0.2) is 298 Å². The molecule has 702 valence electrons. The highest BCUT2D eigenvalue weighted by Crippen LogP contribution is 2.48. The molecule has 12 heterocycles. The second-order valence-electron chi connectivity index (χ2n) is 34.6. The molecular weight excluding hydrogens is 1770 g/mol. The Labute approximate surface area is 772 Å². The van der Waals surface area contributed by atoms with Crippen molar-refractivity contribution < 1.29 is 68.1 Å². The zero-order chi connectivity index (χ0) is 93.9. The van der Waals surface area contributed by atoms with E-state index in [0.717, 1.165) is 68.4 Å². The van der Waals surface area contributed by atoms with Crippen LogP contribution in [0.4, 0.5) is 74.0 Å². The smallest absolute Gasteiger partial charge is 0.419 e. The van der Waals surface area contributed by atoms with Gasteiger partial charge in [-0.2, -0.15) is 69.4 Å². The van der Waals surface area contributed by atoms with E-state index in [2.05, 4.69) is 68.3 Å². The Hall–Kier alpha value is -10.7. The topological polar surface area (TPSA) is 211 Å². The quantitative estimate of drug-likeness (QED) is 0.0331. The second-order valence-corrected chi connectivity index (χ2v) is 35.8. The van der Waals surface area contributed by atoms with E-state index in [0.29, 0.717) is 165 Å². The highest BCUT2D eigenvalue weighted by molar-refractivity contribution is 6.32. The largest absolute Gasteiger partial charge is 0.462 e. The number of rotatable bonds is 23. The molecule has 9 aliphatic rings. The Kier molecular flexibility index (Phi) is 32.0. The van der Waals surface area contributed by atoms with E-state index in [-0.39, 0.29) is 143 Å². The molecule has 7 atom stereocenters. The molecule has 0 bridgehead atoms. The molecule has 131 heavy (non-hydrogen) atoms. The molecule has 6 fully saturated rings. The van der Waals surface area contributed by atoms with Gasteiger partial charge in [0.05, 0.1) is 85.5 Å². The first kappa shape index (κ1) is 97.8. The van der Waals surface area contributed by atoms with Crippen LogP contribution in [0.15, 0.2) is 92.1 Å². The highest BCUT2D eigenvalue weighted by atomic mass is 35.5. The Bertz CT molecular complexity index is 5290. The summed E-state index contributed by atoms with van der Waals surface area (Å²) in [6, 6.07) is 12.7. The van der Waals surface area contributed by atoms with Gasteiger partial charge in [-0.25, -0.2) is 19.7 Å². The number of amides is 3. The van der Waals surface area contributed by atoms with E-state index in [9.17, 15) is 53.9 Å². The van der Waals surface area contributed by atoms with Crippen LogP contribution >= 0.6 is 34.8 Å². The van der Waals surface area contributed by atoms with Crippen molar-refractivity contribution in [3.05, 3.63) is 192 Å². The molecule has 0 saturated carbocycles. The average Bonchev–Trinajstić information content (AvgIpc) is 0.941. The number of carbonyl (C=O) groups excluding carboxylic acids is 3. The number of likely N-dealkylation sites (N-methyl/N-ethyl adjacent to an activating group) is 4. The van der Waals surface area contributed by atoms with Crippen molar-refractivity contribution in [1.29, 1.82) is 0 Å². The summed E-state index contributed by atoms with van der Waals surface area (Å²) in [5.74, 6) is 1.87. The van der Waals surface area contributed by atoms with E-state index < -0.39 is 35.2 Å². The Morgan fingerprint density at radius 2 is 0.794 bits per heavy atom. The SMILES string of the molecule is [C-]#[N+]C[C@H]1CN(c2nc(OC[C@@H]3CCCN3C)nc3c2CCN(c2cccc(Cl)c2C(F)(F)F)C3)CCN1C(=O)/C=C/CN(C)C.[C-]#[N+]C[C@H]1CN(c2nc(OC[C@@H]3CCCN3C)nc3c2CCN(c2cccc(Cl)c2C(F)(F)F)C3)CCN1C(=O)C=C.[C-]#[N+]C[C@H]1CN(c2nc(OC[C@@H]3C[C@@H](C)CN3C)nc3c2CCN(c2cccc(Cl)c2C(F)(F)F)C3)CCN1C(=O)C=C. The third-order valence-electron chi connectivity index (χ3n) is 25.6. The van der Waals surface area contributed by atoms with Crippen LogP contribution in [0, 0.1) is 25.6 Å². The normalized spacial score (nSPS) is 21.6. The van der Waals surface area contributed by atoms with Crippen LogP contribution in [0.2, 0.25) is 15.1 Å². The fourth-order valence-electron chi connectivity index (χ4n) is 18.9. The van der Waals surface area contributed by atoms with Crippen LogP contribution in [0.5, 0.6) is 18.0 Å². The third-order valence-corrected chi connectivity index (χ3v) is 26.5. The lowest BCUT2D eigenvalue weighted by Crippen LogP contribution is -2.56. The number of benzene rings is 3. The minimum Gasteiger partial charge on any atom is -0.462 e. The van der Waals surface area contributed by atoms with Crippen molar-refractivity contribution in [3.8, 4) is 18.0 Å². The standard InChI is InChI=1S/C32H40ClF3N8O2.C30H35ClF3N7O2.C29H33ClF3N7O2/c1-37-18-23-19-43(16-17-44(23)28(45)11-7-13-40(2)3)30-24-12-15-42(27-10-5-9-25(33)29(27)32(34,35)36)20-26(24)38-31(39-30)46-21-22-8-6-14-41(22)4;1-5-26(42)41-12-11-40(16-21(41)14-35-3)28-22-9-10-39(25-8-6-7-23(31)27(25)30(32,33)34)17-24(22)36-29(37-28)43-18-20-13-19(2)15-38(20)4;1-4-25(41)40-14-13-39(16-20(40)15-34-2)27-21-10-12-38(24-9-5-8-22(30)26(24)29(31,32)33)17-23(21)35-28(36-27)42-18-19-7-6-11-37(19)3/h5,7,9-11,22-23H,6,8,12-21H2,2-4H3;5-8,19-21H,1,9-18H2,2,4H3;4-5,8-9,19-20H,1,6-7,10-18H2,3H3/b11-7+;;/t22-,23-;19-,20+,21+;19-,20-/m010/s1. The number of ether oxygens (including phenoxy) is 3. The van der Waals surface area contributed by atoms with Crippen molar-refractivity contribution in [1.82, 2.24) is 64.2 Å². The van der Waals surface area contributed by atoms with Gasteiger partial charge in [0.1, 0.15) is 55.4 Å². The summed E-state index contributed by atoms with van der Waals surface area (Å²) < 4.78 is 145. The third kappa shape index (κ3) is 23.3. The molecule has 0 aliphatic carbocycles. The van der Waals surface area contributed by atoms with Crippen LogP contribution in [0.25, 0.3) is 14.5 Å². The monoisotopic (exact) mass is 1880 g/mol. The Balaban J connectivity index is 0.000000167. The van der Waals surface area contributed by atoms with Crippen LogP contribution < -0.4 is 43.6 Å². The Morgan fingerprint density at radius 3 is 1.08 bits per heavy atom. The number of anilines is 6. The molecule has 3 aromatic heterocycles. The number of hydrogen-bond donors (Lipinski definition) is 0. The number of hydrogen-bond acceptors (Lipinski definition) is 22. The average molecular weight is 1880 g/mol. The number of carbonyl (C=O) groups is 3. The summed E-state index contributed by atoms with van der Waals surface area (Å²) in [5.41, 5.74) is 1.67. The molecule has 6 saturated heterocycles. The summed E-state index contributed by atoms with van der Waals surface area (Å²) in [4.78, 5) is 102. The van der Waals surface area contributed by atoms with E-state index in [1.54, 1.807) is 35.5 Å². The maximum atomic E-state index is 14.1. The number of halogens is 12. The number of aromatic nitrogens is 6. The molecule has 3 amide bonds. The minimum atomic E-state index is -4.62. The van der Waals surface area contributed by atoms with Gasteiger partial charge in [-0.05, 0) is 154 Å². The summed E-state index contributed by atoms with van der Waals surface area (Å²) in [5, 5.41) is -1.05. The lowest BCUT2D eigenvalue weighted by molar-refractivity contribution is -0.137. The predicted octanol–water partition coefficient (Wildman–Crippen LogP) is 13.1. The van der Waals surface area contributed by atoms with Crippen molar-refractivity contribution in [2.24, 2.45) is 5.92 Å². The lowest BCUT2D eigenvalue weighted by atomic mass is 10.0. The number of nitrogens with zero attached hydrogens (tertiary/aromatic N) is 22. The minimum absolute atomic E-state index is 0.00326. The number of piperazine rings is 3. The molecule has 9 aliphatic heterocycles. The molecule has 0 spiro atoms. The summed E-state index contributed by atoms with van der Waals surface area (Å²) >= 11 is 18.1. The fraction of sp³-hybridized carbons (Fsp3) is 0.538. The lowest BCUT2D eigenvalue weighted by Gasteiger charge is -2.41. The first-order valence-electron chi connectivity index (χ1n) is 43.8. The summed E-state index contributed by atoms with van der Waals surface area (Å²) in [7, 11) is 9.99. The summed E-state index contributed by atoms with van der Waals surface area (Å²) in [6.07, 6.45) is -1.65. The predicted molar refractivity (Wildman–Crippen MR) is 483 cm³/mol. The molecule has 15 rings (SSSR count). The number of likely N-dealkylation sites (tertiary alicyclic amines) is 3. The van der Waals surface area contributed by atoms with Crippen LogP contribution in [0.3, 0.4) is 0 Å². The van der Waals surface area contributed by atoms with E-state index in [1.807, 2.05) is 41.9 Å². The van der Waals surface area contributed by atoms with Gasteiger partial charge in [0.2, 0.25) is 37.4 Å². The van der Waals surface area contributed by atoms with Crippen LogP contribution in [-0.2, 0) is 71.8 Å². The molecule has 0 unspecified atom stereocenters. The van der Waals surface area contributed by atoms with Gasteiger partial charge < -0.3 is 87.5 Å². The fourth-order valence-corrected chi connectivity index (χ4v) is 19.7. The van der Waals surface area contributed by atoms with E-state index >= 15 is 0 Å². The summed E-state index contributed by atoms with van der Waals surface area (Å²) in [6.45, 7) is 41.9. The van der Waals surface area contributed by atoms with Crippen molar-refractivity contribution in [3.63, 3.8) is 0 Å². The molecule has 28 nitrogen and oxygen atoms in total. The highest BCUT2D eigenvalue weighted by Gasteiger charge is 2.45. The van der Waals surface area contributed by atoms with Gasteiger partial charge in [-0.3, -0.25) is 19.3 Å². The van der Waals surface area contributed by atoms with Crippen molar-refractivity contribution in [2.45, 2.75) is 133 Å². The molecule has 6 aromatic rings. The maximum Gasteiger partial charge on any atom is 0.419 e. The number of fused-ring (bicyclic) bond motifs is 3. The van der Waals surface area contributed by atoms with Crippen molar-refractivity contribution in [2.75, 3.05) is 209 Å². The molecule has 0 radical (unpaired) electrons. The first-order chi connectivity index (χ1) is 62.5. The molecule has 0 N–H and O–H groups in total. The molecule has 3 aromatic carbocycles.